The highest BCUT2D eigenvalue weighted by molar-refractivity contribution is 5.70. The van der Waals surface area contributed by atoms with Gasteiger partial charge in [0.25, 0.3) is 0 Å². The van der Waals surface area contributed by atoms with Gasteiger partial charge < -0.3 is 14.2 Å². The third-order valence-corrected chi connectivity index (χ3v) is 10.2. The maximum absolute atomic E-state index is 12.6. The first-order chi connectivity index (χ1) is 26.6. The Balaban J connectivity index is 4.12. The summed E-state index contributed by atoms with van der Waals surface area (Å²) in [6.45, 7) is 7.68. The zero-order valence-corrected chi connectivity index (χ0v) is 36.2. The minimum Gasteiger partial charge on any atom is -0.462 e. The van der Waals surface area contributed by atoms with Crippen LogP contribution in [-0.2, 0) is 23.8 Å². The summed E-state index contributed by atoms with van der Waals surface area (Å²) in [7, 11) is 0. The van der Waals surface area contributed by atoms with E-state index in [2.05, 4.69) is 57.2 Å². The van der Waals surface area contributed by atoms with Crippen molar-refractivity contribution in [3.8, 4) is 0 Å². The molecular weight excluding hydrogens is 669 g/mol. The van der Waals surface area contributed by atoms with Gasteiger partial charge in [0.15, 0.2) is 6.10 Å². The predicted molar refractivity (Wildman–Crippen MR) is 233 cm³/mol. The van der Waals surface area contributed by atoms with E-state index in [1.807, 2.05) is 0 Å². The van der Waals surface area contributed by atoms with E-state index in [0.717, 1.165) is 64.2 Å². The lowest BCUT2D eigenvalue weighted by Crippen LogP contribution is -2.30. The molecule has 0 saturated carbocycles. The molecule has 0 aliphatic carbocycles. The Morgan fingerprint density at radius 3 is 1.33 bits per heavy atom. The zero-order valence-electron chi connectivity index (χ0n) is 36.2. The second kappa shape index (κ2) is 45.5. The topological polar surface area (TPSA) is 61.8 Å². The van der Waals surface area contributed by atoms with Gasteiger partial charge in [-0.15, -0.1) is 0 Å². The molecule has 0 heterocycles. The highest BCUT2D eigenvalue weighted by Crippen LogP contribution is 2.15. The molecule has 5 heteroatoms. The Hall–Kier alpha value is -1.88. The average Bonchev–Trinajstić information content (AvgIpc) is 3.17. The van der Waals surface area contributed by atoms with E-state index in [1.165, 1.54) is 141 Å². The fourth-order valence-electron chi connectivity index (χ4n) is 6.70. The van der Waals surface area contributed by atoms with Crippen molar-refractivity contribution in [3.63, 3.8) is 0 Å². The molecule has 0 rings (SSSR count). The molecule has 0 fully saturated rings. The minimum absolute atomic E-state index is 0.0746. The Labute approximate surface area is 336 Å². The molecule has 54 heavy (non-hydrogen) atoms. The van der Waals surface area contributed by atoms with Crippen LogP contribution in [0.4, 0.5) is 0 Å². The number of ether oxygens (including phenoxy) is 3. The van der Waals surface area contributed by atoms with Gasteiger partial charge in [-0.05, 0) is 51.4 Å². The van der Waals surface area contributed by atoms with Crippen LogP contribution in [0, 0.1) is 0 Å². The molecule has 1 atom stereocenters. The second-order valence-corrected chi connectivity index (χ2v) is 15.6. The van der Waals surface area contributed by atoms with Gasteiger partial charge in [0, 0.05) is 19.4 Å². The Morgan fingerprint density at radius 1 is 0.426 bits per heavy atom. The SMILES string of the molecule is CC/C=C\C/C=C\C/C=C\CCCCCC(=O)OCC(COCCCCCCCCCCCCCCCCCCCC)OC(=O)CCCCCCCCC. The number of esters is 2. The molecule has 0 bridgehead atoms. The van der Waals surface area contributed by atoms with Crippen LogP contribution < -0.4 is 0 Å². The lowest BCUT2D eigenvalue weighted by molar-refractivity contribution is -0.163. The number of allylic oxidation sites excluding steroid dienone is 6. The van der Waals surface area contributed by atoms with Crippen molar-refractivity contribution in [2.24, 2.45) is 0 Å². The fourth-order valence-corrected chi connectivity index (χ4v) is 6.70. The van der Waals surface area contributed by atoms with Crippen LogP contribution in [0.5, 0.6) is 0 Å². The lowest BCUT2D eigenvalue weighted by Gasteiger charge is -2.18. The van der Waals surface area contributed by atoms with Crippen molar-refractivity contribution in [1.29, 1.82) is 0 Å². The van der Waals surface area contributed by atoms with Gasteiger partial charge in [-0.2, -0.15) is 0 Å². The normalized spacial score (nSPS) is 12.4. The van der Waals surface area contributed by atoms with Gasteiger partial charge in [-0.3, -0.25) is 9.59 Å². The first kappa shape index (κ1) is 52.1. The van der Waals surface area contributed by atoms with Crippen LogP contribution in [0.1, 0.15) is 239 Å². The minimum atomic E-state index is -0.539. The molecule has 1 unspecified atom stereocenters. The van der Waals surface area contributed by atoms with Crippen LogP contribution in [-0.4, -0.2) is 37.9 Å². The van der Waals surface area contributed by atoms with Crippen LogP contribution in [0.2, 0.25) is 0 Å². The number of carbonyl (C=O) groups is 2. The highest BCUT2D eigenvalue weighted by atomic mass is 16.6. The second-order valence-electron chi connectivity index (χ2n) is 15.6. The molecule has 0 aliphatic heterocycles. The van der Waals surface area contributed by atoms with Crippen molar-refractivity contribution in [1.82, 2.24) is 0 Å². The van der Waals surface area contributed by atoms with E-state index >= 15 is 0 Å². The fraction of sp³-hybridized carbons (Fsp3) is 0.837. The molecule has 0 saturated heterocycles. The first-order valence-corrected chi connectivity index (χ1v) is 23.5. The number of hydrogen-bond donors (Lipinski definition) is 0. The zero-order chi connectivity index (χ0) is 39.3. The summed E-state index contributed by atoms with van der Waals surface area (Å²) < 4.78 is 17.3. The summed E-state index contributed by atoms with van der Waals surface area (Å²) in [4.78, 5) is 25.1. The van der Waals surface area contributed by atoms with E-state index in [4.69, 9.17) is 14.2 Å². The van der Waals surface area contributed by atoms with E-state index < -0.39 is 6.10 Å². The quantitative estimate of drug-likeness (QED) is 0.0352. The lowest BCUT2D eigenvalue weighted by atomic mass is 10.0. The number of unbranched alkanes of at least 4 members (excludes halogenated alkanes) is 26. The number of carbonyl (C=O) groups excluding carboxylic acids is 2. The van der Waals surface area contributed by atoms with E-state index in [-0.39, 0.29) is 25.2 Å². The van der Waals surface area contributed by atoms with E-state index in [0.29, 0.717) is 19.4 Å². The van der Waals surface area contributed by atoms with Crippen LogP contribution in [0.25, 0.3) is 0 Å². The molecule has 0 aromatic heterocycles. The molecular formula is C49H90O5. The molecule has 0 amide bonds. The number of hydrogen-bond acceptors (Lipinski definition) is 5. The molecule has 0 aliphatic rings. The number of rotatable bonds is 43. The van der Waals surface area contributed by atoms with E-state index in [9.17, 15) is 9.59 Å². The Morgan fingerprint density at radius 2 is 0.833 bits per heavy atom. The molecule has 0 radical (unpaired) electrons. The van der Waals surface area contributed by atoms with Gasteiger partial charge in [0.05, 0.1) is 6.61 Å². The van der Waals surface area contributed by atoms with Crippen molar-refractivity contribution >= 4 is 11.9 Å². The van der Waals surface area contributed by atoms with Gasteiger partial charge in [0.2, 0.25) is 0 Å². The molecule has 0 N–H and O–H groups in total. The molecule has 0 aromatic carbocycles. The van der Waals surface area contributed by atoms with Crippen LogP contribution >= 0.6 is 0 Å². The molecule has 0 spiro atoms. The maximum Gasteiger partial charge on any atom is 0.306 e. The Bertz CT molecular complexity index is 862. The van der Waals surface area contributed by atoms with Crippen molar-refractivity contribution in [2.45, 2.75) is 245 Å². The summed E-state index contributed by atoms with van der Waals surface area (Å²) in [5.41, 5.74) is 0. The van der Waals surface area contributed by atoms with Crippen molar-refractivity contribution in [3.05, 3.63) is 36.5 Å². The van der Waals surface area contributed by atoms with Gasteiger partial charge in [0.1, 0.15) is 6.61 Å². The van der Waals surface area contributed by atoms with E-state index in [1.54, 1.807) is 0 Å². The summed E-state index contributed by atoms with van der Waals surface area (Å²) >= 11 is 0. The summed E-state index contributed by atoms with van der Waals surface area (Å²) in [6.07, 6.45) is 53.1. The average molecular weight is 759 g/mol. The highest BCUT2D eigenvalue weighted by Gasteiger charge is 2.17. The molecule has 5 nitrogen and oxygen atoms in total. The van der Waals surface area contributed by atoms with Gasteiger partial charge in [-0.25, -0.2) is 0 Å². The largest absolute Gasteiger partial charge is 0.462 e. The molecule has 316 valence electrons. The maximum atomic E-state index is 12.6. The van der Waals surface area contributed by atoms with Crippen molar-refractivity contribution < 1.29 is 23.8 Å². The summed E-state index contributed by atoms with van der Waals surface area (Å²) in [6, 6.07) is 0. The monoisotopic (exact) mass is 759 g/mol. The molecule has 0 aromatic rings. The van der Waals surface area contributed by atoms with Gasteiger partial charge >= 0.3 is 11.9 Å². The Kier molecular flexibility index (Phi) is 43.9. The van der Waals surface area contributed by atoms with Gasteiger partial charge in [-0.1, -0.05) is 211 Å². The van der Waals surface area contributed by atoms with Crippen LogP contribution in [0.3, 0.4) is 0 Å². The smallest absolute Gasteiger partial charge is 0.306 e. The third kappa shape index (κ3) is 42.9. The first-order valence-electron chi connectivity index (χ1n) is 23.5. The standard InChI is InChI=1S/C49H90O5/c1-4-7-10-13-16-18-20-22-23-24-25-26-28-30-32-35-38-41-44-52-45-47(54-49(51)43-40-37-33-15-12-9-6-3)46-53-48(50)42-39-36-34-31-29-27-21-19-17-14-11-8-5-2/h8,11,17,19,27,29,47H,4-7,9-10,12-16,18,20-26,28,30-46H2,1-3H3/b11-8-,19-17-,29-27-. The van der Waals surface area contributed by atoms with Crippen molar-refractivity contribution in [2.75, 3.05) is 19.8 Å². The summed E-state index contributed by atoms with van der Waals surface area (Å²) in [5.74, 6) is -0.428. The third-order valence-electron chi connectivity index (χ3n) is 10.2. The van der Waals surface area contributed by atoms with Crippen LogP contribution in [0.15, 0.2) is 36.5 Å². The predicted octanol–water partition coefficient (Wildman–Crippen LogP) is 15.4. The summed E-state index contributed by atoms with van der Waals surface area (Å²) in [5, 5.41) is 0.